The quantitative estimate of drug-likeness (QED) is 0.826. The Morgan fingerprint density at radius 3 is 2.35 bits per heavy atom. The summed E-state index contributed by atoms with van der Waals surface area (Å²) in [7, 11) is 2.04. The molecule has 1 fully saturated rings. The highest BCUT2D eigenvalue weighted by Gasteiger charge is 2.46. The van der Waals surface area contributed by atoms with E-state index in [1.54, 1.807) is 0 Å². The van der Waals surface area contributed by atoms with Crippen molar-refractivity contribution in [3.8, 4) is 11.1 Å². The molecule has 1 aliphatic heterocycles. The van der Waals surface area contributed by atoms with Gasteiger partial charge in [0, 0.05) is 6.04 Å². The highest BCUT2D eigenvalue weighted by atomic mass is 16.6. The molecule has 0 aliphatic carbocycles. The molecule has 122 valence electrons. The number of epoxide rings is 1. The summed E-state index contributed by atoms with van der Waals surface area (Å²) in [5.41, 5.74) is 3.65. The van der Waals surface area contributed by atoms with Crippen molar-refractivity contribution in [1.82, 2.24) is 4.90 Å². The maximum absolute atomic E-state index is 9.64. The fourth-order valence-electron chi connectivity index (χ4n) is 3.27. The van der Waals surface area contributed by atoms with Crippen molar-refractivity contribution < 1.29 is 9.84 Å². The van der Waals surface area contributed by atoms with Crippen LogP contribution in [0.3, 0.4) is 0 Å². The van der Waals surface area contributed by atoms with Gasteiger partial charge in [0.05, 0.1) is 6.61 Å². The van der Waals surface area contributed by atoms with Gasteiger partial charge in [-0.2, -0.15) is 0 Å². The number of benzene rings is 2. The Bertz CT molecular complexity index is 641. The van der Waals surface area contributed by atoms with Crippen LogP contribution in [-0.4, -0.2) is 35.9 Å². The molecule has 0 saturated carbocycles. The van der Waals surface area contributed by atoms with Gasteiger partial charge in [0.2, 0.25) is 0 Å². The minimum absolute atomic E-state index is 0.0411. The normalized spacial score (nSPS) is 21.7. The molecule has 1 saturated heterocycles. The van der Waals surface area contributed by atoms with Gasteiger partial charge >= 0.3 is 0 Å². The van der Waals surface area contributed by atoms with Crippen LogP contribution in [0.1, 0.15) is 25.5 Å². The molecular formula is C20H25NO2. The Kier molecular flexibility index (Phi) is 4.81. The van der Waals surface area contributed by atoms with Gasteiger partial charge in [0.1, 0.15) is 12.3 Å². The number of aliphatic hydroxyl groups is 1. The molecule has 0 amide bonds. The largest absolute Gasteiger partial charge is 0.395 e. The van der Waals surface area contributed by atoms with E-state index < -0.39 is 0 Å². The minimum atomic E-state index is 0.0411. The third-order valence-electron chi connectivity index (χ3n) is 4.70. The third-order valence-corrected chi connectivity index (χ3v) is 4.70. The summed E-state index contributed by atoms with van der Waals surface area (Å²) in [6.07, 6.45) is 0.114. The lowest BCUT2D eigenvalue weighted by Crippen LogP contribution is -2.40. The predicted molar refractivity (Wildman–Crippen MR) is 93.0 cm³/mol. The summed E-state index contributed by atoms with van der Waals surface area (Å²) in [6, 6.07) is 19.0. The summed E-state index contributed by atoms with van der Waals surface area (Å²) in [5, 5.41) is 9.64. The molecule has 3 rings (SSSR count). The number of nitrogens with zero attached hydrogens (tertiary/aromatic N) is 1. The average Bonchev–Trinajstić information content (AvgIpc) is 3.36. The van der Waals surface area contributed by atoms with Crippen molar-refractivity contribution in [2.24, 2.45) is 5.92 Å². The van der Waals surface area contributed by atoms with Gasteiger partial charge in [0.25, 0.3) is 0 Å². The van der Waals surface area contributed by atoms with Gasteiger partial charge in [-0.15, -0.1) is 0 Å². The van der Waals surface area contributed by atoms with Crippen LogP contribution in [0.4, 0.5) is 0 Å². The van der Waals surface area contributed by atoms with E-state index in [1.807, 2.05) is 13.1 Å². The first-order valence-electron chi connectivity index (χ1n) is 8.26. The highest BCUT2D eigenvalue weighted by molar-refractivity contribution is 5.68. The van der Waals surface area contributed by atoms with Crippen LogP contribution < -0.4 is 0 Å². The Labute approximate surface area is 138 Å². The van der Waals surface area contributed by atoms with Gasteiger partial charge < -0.3 is 9.84 Å². The molecule has 2 unspecified atom stereocenters. The molecule has 3 atom stereocenters. The second-order valence-corrected chi connectivity index (χ2v) is 6.56. The van der Waals surface area contributed by atoms with E-state index >= 15 is 0 Å². The zero-order valence-electron chi connectivity index (χ0n) is 14.0. The molecule has 2 aromatic rings. The van der Waals surface area contributed by atoms with E-state index in [0.29, 0.717) is 5.92 Å². The van der Waals surface area contributed by atoms with Crippen molar-refractivity contribution in [1.29, 1.82) is 0 Å². The van der Waals surface area contributed by atoms with Crippen molar-refractivity contribution in [3.63, 3.8) is 0 Å². The van der Waals surface area contributed by atoms with Gasteiger partial charge in [0.15, 0.2) is 0 Å². The lowest BCUT2D eigenvalue weighted by Gasteiger charge is -2.28. The van der Waals surface area contributed by atoms with E-state index in [4.69, 9.17) is 4.74 Å². The summed E-state index contributed by atoms with van der Waals surface area (Å²) in [4.78, 5) is 2.16. The smallest absolute Gasteiger partial charge is 0.142 e. The van der Waals surface area contributed by atoms with Gasteiger partial charge in [-0.3, -0.25) is 4.90 Å². The number of ether oxygens (including phenoxy) is 1. The molecule has 0 radical (unpaired) electrons. The molecule has 1 aliphatic rings. The first-order valence-corrected chi connectivity index (χ1v) is 8.26. The van der Waals surface area contributed by atoms with Crippen LogP contribution >= 0.6 is 0 Å². The summed E-state index contributed by atoms with van der Waals surface area (Å²) in [6.45, 7) is 4.42. The van der Waals surface area contributed by atoms with Crippen LogP contribution in [-0.2, 0) is 4.74 Å². The zero-order valence-corrected chi connectivity index (χ0v) is 14.0. The second kappa shape index (κ2) is 6.83. The second-order valence-electron chi connectivity index (χ2n) is 6.56. The fraction of sp³-hybridized carbons (Fsp3) is 0.400. The number of rotatable bonds is 6. The molecule has 23 heavy (non-hydrogen) atoms. The molecule has 0 bridgehead atoms. The van der Waals surface area contributed by atoms with Crippen molar-refractivity contribution in [3.05, 3.63) is 60.2 Å². The Hall–Kier alpha value is -1.68. The maximum Gasteiger partial charge on any atom is 0.142 e. The average molecular weight is 311 g/mol. The number of hydrogen-bond donors (Lipinski definition) is 1. The van der Waals surface area contributed by atoms with E-state index in [1.165, 1.54) is 16.7 Å². The van der Waals surface area contributed by atoms with Crippen LogP contribution in [0.2, 0.25) is 0 Å². The highest BCUT2D eigenvalue weighted by Crippen LogP contribution is 2.45. The number of aliphatic hydroxyl groups excluding tert-OH is 1. The molecule has 3 heteroatoms. The lowest BCUT2D eigenvalue weighted by atomic mass is 9.97. The van der Waals surface area contributed by atoms with Gasteiger partial charge in [-0.1, -0.05) is 68.4 Å². The lowest BCUT2D eigenvalue weighted by molar-refractivity contribution is 0.0750. The van der Waals surface area contributed by atoms with Gasteiger partial charge in [-0.25, -0.2) is 0 Å². The first kappa shape index (κ1) is 16.2. The predicted octanol–water partition coefficient (Wildman–Crippen LogP) is 3.70. The summed E-state index contributed by atoms with van der Waals surface area (Å²) in [5.74, 6) is 0.388. The van der Waals surface area contributed by atoms with Crippen molar-refractivity contribution in [2.75, 3.05) is 13.7 Å². The maximum atomic E-state index is 9.64. The minimum Gasteiger partial charge on any atom is -0.395 e. The van der Waals surface area contributed by atoms with E-state index in [2.05, 4.69) is 67.3 Å². The molecule has 1 N–H and O–H groups in total. The Morgan fingerprint density at radius 2 is 1.70 bits per heavy atom. The topological polar surface area (TPSA) is 36.0 Å². The molecular weight excluding hydrogens is 286 g/mol. The number of likely N-dealkylation sites (N-methyl/N-ethyl adjacent to an activating group) is 1. The van der Waals surface area contributed by atoms with Crippen LogP contribution in [0, 0.1) is 5.92 Å². The summed E-state index contributed by atoms with van der Waals surface area (Å²) < 4.78 is 5.97. The SMILES string of the molecule is CC(C)[C@@H](CO)N(C)C1OC1c1ccccc1-c1ccccc1. The van der Waals surface area contributed by atoms with Crippen molar-refractivity contribution >= 4 is 0 Å². The van der Waals surface area contributed by atoms with E-state index in [-0.39, 0.29) is 25.0 Å². The monoisotopic (exact) mass is 311 g/mol. The van der Waals surface area contributed by atoms with Crippen LogP contribution in [0.5, 0.6) is 0 Å². The summed E-state index contributed by atoms with van der Waals surface area (Å²) >= 11 is 0. The van der Waals surface area contributed by atoms with Crippen LogP contribution in [0.15, 0.2) is 54.6 Å². The molecule has 3 nitrogen and oxygen atoms in total. The fourth-order valence-corrected chi connectivity index (χ4v) is 3.27. The molecule has 2 aromatic carbocycles. The number of hydrogen-bond acceptors (Lipinski definition) is 3. The molecule has 0 spiro atoms. The molecule has 0 aromatic heterocycles. The van der Waals surface area contributed by atoms with E-state index in [0.717, 1.165) is 0 Å². The van der Waals surface area contributed by atoms with E-state index in [9.17, 15) is 5.11 Å². The molecule has 1 heterocycles. The standard InChI is InChI=1S/C20H25NO2/c1-14(2)18(13-22)21(3)20-19(23-20)17-12-8-7-11-16(17)15-9-5-4-6-10-15/h4-12,14,18-20,22H,13H2,1-3H3/t18-,19?,20?/m1/s1. The van der Waals surface area contributed by atoms with Crippen LogP contribution in [0.25, 0.3) is 11.1 Å². The zero-order chi connectivity index (χ0) is 16.4. The Balaban J connectivity index is 1.83. The van der Waals surface area contributed by atoms with Crippen molar-refractivity contribution in [2.45, 2.75) is 32.2 Å². The third kappa shape index (κ3) is 3.32. The van der Waals surface area contributed by atoms with Gasteiger partial charge in [-0.05, 0) is 29.7 Å². The first-order chi connectivity index (χ1) is 11.1. The Morgan fingerprint density at radius 1 is 1.04 bits per heavy atom.